The molecule has 8 heteroatoms. The zero-order valence-corrected chi connectivity index (χ0v) is 15.2. The Balaban J connectivity index is 1.80. The number of H-pyrrole nitrogens is 1. The summed E-state index contributed by atoms with van der Waals surface area (Å²) in [6, 6.07) is 13.7. The maximum Gasteiger partial charge on any atom is 0.342 e. The molecule has 142 valence electrons. The van der Waals surface area contributed by atoms with E-state index in [9.17, 15) is 15.2 Å². The van der Waals surface area contributed by atoms with Gasteiger partial charge < -0.3 is 24.3 Å². The Morgan fingerprint density at radius 2 is 2.00 bits per heavy atom. The Morgan fingerprint density at radius 3 is 2.68 bits per heavy atom. The third-order valence-electron chi connectivity index (χ3n) is 4.00. The van der Waals surface area contributed by atoms with Crippen LogP contribution in [0.15, 0.2) is 48.2 Å². The van der Waals surface area contributed by atoms with Crippen molar-refractivity contribution in [2.45, 2.75) is 0 Å². The van der Waals surface area contributed by atoms with Crippen LogP contribution < -0.4 is 9.47 Å². The number of ether oxygens (including phenoxy) is 3. The molecular formula is C20H17N3O5. The van der Waals surface area contributed by atoms with Crippen molar-refractivity contribution in [3.05, 3.63) is 59.6 Å². The van der Waals surface area contributed by atoms with Crippen LogP contribution in [-0.4, -0.2) is 41.9 Å². The van der Waals surface area contributed by atoms with Crippen LogP contribution in [0.3, 0.4) is 0 Å². The third kappa shape index (κ3) is 3.73. The molecule has 2 aromatic carbocycles. The summed E-state index contributed by atoms with van der Waals surface area (Å²) in [5.74, 6) is -0.145. The van der Waals surface area contributed by atoms with Gasteiger partial charge >= 0.3 is 5.97 Å². The van der Waals surface area contributed by atoms with Crippen molar-refractivity contribution in [3.8, 4) is 17.6 Å². The minimum absolute atomic E-state index is 0.106. The van der Waals surface area contributed by atoms with Gasteiger partial charge in [0.15, 0.2) is 11.6 Å². The van der Waals surface area contributed by atoms with Gasteiger partial charge in [-0.1, -0.05) is 12.1 Å². The topological polar surface area (TPSA) is 117 Å². The maximum absolute atomic E-state index is 12.3. The van der Waals surface area contributed by atoms with Crippen molar-refractivity contribution in [1.29, 1.82) is 5.26 Å². The summed E-state index contributed by atoms with van der Waals surface area (Å²) in [5, 5.41) is 19.7. The molecule has 0 aliphatic heterocycles. The standard InChI is InChI=1S/C20H17N3O5/c1-26-12-7-8-13(18(9-12)27-2)20(25)28-11-17(24)14(10-21)19-22-15-5-3-4-6-16(15)23-19/h3-9,24H,11H2,1-2H3,(H,22,23). The summed E-state index contributed by atoms with van der Waals surface area (Å²) >= 11 is 0. The van der Waals surface area contributed by atoms with Gasteiger partial charge in [-0.15, -0.1) is 0 Å². The van der Waals surface area contributed by atoms with Gasteiger partial charge in [-0.05, 0) is 24.3 Å². The highest BCUT2D eigenvalue weighted by molar-refractivity contribution is 5.93. The Bertz CT molecular complexity index is 1060. The molecule has 3 aromatic rings. The van der Waals surface area contributed by atoms with Crippen LogP contribution in [0.5, 0.6) is 11.5 Å². The van der Waals surface area contributed by atoms with Crippen molar-refractivity contribution < 1.29 is 24.1 Å². The molecule has 0 amide bonds. The van der Waals surface area contributed by atoms with Gasteiger partial charge in [0.2, 0.25) is 0 Å². The first-order chi connectivity index (χ1) is 13.6. The van der Waals surface area contributed by atoms with Gasteiger partial charge in [-0.3, -0.25) is 0 Å². The van der Waals surface area contributed by atoms with E-state index in [1.807, 2.05) is 18.2 Å². The average Bonchev–Trinajstić information content (AvgIpc) is 3.15. The largest absolute Gasteiger partial charge is 0.507 e. The highest BCUT2D eigenvalue weighted by atomic mass is 16.5. The van der Waals surface area contributed by atoms with Crippen LogP contribution in [0, 0.1) is 11.3 Å². The Kier molecular flexibility index (Phi) is 5.46. The second-order valence-corrected chi connectivity index (χ2v) is 5.68. The SMILES string of the molecule is COc1ccc(C(=O)OCC(O)=C(C#N)c2nc3ccccc3[nH]2)c(OC)c1. The monoisotopic (exact) mass is 379 g/mol. The molecular weight excluding hydrogens is 362 g/mol. The van der Waals surface area contributed by atoms with Gasteiger partial charge in [0, 0.05) is 6.07 Å². The van der Waals surface area contributed by atoms with Crippen molar-refractivity contribution in [2.24, 2.45) is 0 Å². The van der Waals surface area contributed by atoms with E-state index in [0.29, 0.717) is 11.3 Å². The van der Waals surface area contributed by atoms with E-state index in [2.05, 4.69) is 9.97 Å². The van der Waals surface area contributed by atoms with Crippen molar-refractivity contribution >= 4 is 22.6 Å². The number of para-hydroxylation sites is 2. The van der Waals surface area contributed by atoms with E-state index in [1.165, 1.54) is 20.3 Å². The molecule has 0 bridgehead atoms. The average molecular weight is 379 g/mol. The van der Waals surface area contributed by atoms with Gasteiger partial charge in [0.1, 0.15) is 35.3 Å². The number of aliphatic hydroxyl groups excluding tert-OH is 1. The number of nitriles is 1. The highest BCUT2D eigenvalue weighted by Gasteiger charge is 2.18. The van der Waals surface area contributed by atoms with E-state index < -0.39 is 18.3 Å². The summed E-state index contributed by atoms with van der Waals surface area (Å²) in [6.07, 6.45) is 0. The Labute approximate surface area is 160 Å². The third-order valence-corrected chi connectivity index (χ3v) is 4.00. The van der Waals surface area contributed by atoms with E-state index >= 15 is 0 Å². The minimum atomic E-state index is -0.715. The molecule has 1 aromatic heterocycles. The van der Waals surface area contributed by atoms with Crippen molar-refractivity contribution in [2.75, 3.05) is 20.8 Å². The van der Waals surface area contributed by atoms with Crippen LogP contribution in [0.4, 0.5) is 0 Å². The summed E-state index contributed by atoms with van der Waals surface area (Å²) in [5.41, 5.74) is 1.43. The number of carbonyl (C=O) groups excluding carboxylic acids is 1. The molecule has 0 aliphatic carbocycles. The first-order valence-corrected chi connectivity index (χ1v) is 8.24. The molecule has 0 spiro atoms. The lowest BCUT2D eigenvalue weighted by atomic mass is 10.2. The predicted octanol–water partition coefficient (Wildman–Crippen LogP) is 3.23. The van der Waals surface area contributed by atoms with E-state index in [1.54, 1.807) is 24.3 Å². The summed E-state index contributed by atoms with van der Waals surface area (Å²) in [4.78, 5) is 19.6. The number of imidazole rings is 1. The first-order valence-electron chi connectivity index (χ1n) is 8.24. The molecule has 0 atom stereocenters. The maximum atomic E-state index is 12.3. The number of nitrogens with zero attached hydrogens (tertiary/aromatic N) is 2. The van der Waals surface area contributed by atoms with E-state index in [4.69, 9.17) is 14.2 Å². The normalized spacial score (nSPS) is 11.5. The zero-order chi connectivity index (χ0) is 20.1. The molecule has 0 saturated heterocycles. The number of fused-ring (bicyclic) bond motifs is 1. The first kappa shape index (κ1) is 18.8. The molecule has 3 rings (SSSR count). The number of esters is 1. The van der Waals surface area contributed by atoms with Crippen molar-refractivity contribution in [3.63, 3.8) is 0 Å². The fraction of sp³-hybridized carbons (Fsp3) is 0.150. The number of nitrogens with one attached hydrogen (secondary N) is 1. The van der Waals surface area contributed by atoms with Gasteiger partial charge in [-0.2, -0.15) is 5.26 Å². The minimum Gasteiger partial charge on any atom is -0.507 e. The number of rotatable bonds is 6. The van der Waals surface area contributed by atoms with Crippen molar-refractivity contribution in [1.82, 2.24) is 9.97 Å². The number of aliphatic hydroxyl groups is 1. The molecule has 28 heavy (non-hydrogen) atoms. The van der Waals surface area contributed by atoms with Crippen LogP contribution in [0.25, 0.3) is 16.6 Å². The zero-order valence-electron chi connectivity index (χ0n) is 15.2. The number of aromatic nitrogens is 2. The fourth-order valence-electron chi connectivity index (χ4n) is 2.58. The van der Waals surface area contributed by atoms with Gasteiger partial charge in [0.25, 0.3) is 0 Å². The Morgan fingerprint density at radius 1 is 1.21 bits per heavy atom. The number of hydrogen-bond acceptors (Lipinski definition) is 7. The highest BCUT2D eigenvalue weighted by Crippen LogP contribution is 2.25. The van der Waals surface area contributed by atoms with E-state index in [-0.39, 0.29) is 22.7 Å². The van der Waals surface area contributed by atoms with Crippen LogP contribution >= 0.6 is 0 Å². The quantitative estimate of drug-likeness (QED) is 0.383. The predicted molar refractivity (Wildman–Crippen MR) is 101 cm³/mol. The Hall–Kier alpha value is -3.99. The lowest BCUT2D eigenvalue weighted by molar-refractivity contribution is 0.0499. The summed E-state index contributed by atoms with van der Waals surface area (Å²) < 4.78 is 15.4. The summed E-state index contributed by atoms with van der Waals surface area (Å²) in [6.45, 7) is -0.492. The van der Waals surface area contributed by atoms with Crippen LogP contribution in [-0.2, 0) is 4.74 Å². The number of methoxy groups -OCH3 is 2. The number of carbonyl (C=O) groups is 1. The van der Waals surface area contributed by atoms with Gasteiger partial charge in [-0.25, -0.2) is 9.78 Å². The smallest absolute Gasteiger partial charge is 0.342 e. The van der Waals surface area contributed by atoms with Gasteiger partial charge in [0.05, 0.1) is 25.3 Å². The number of hydrogen-bond donors (Lipinski definition) is 2. The summed E-state index contributed by atoms with van der Waals surface area (Å²) in [7, 11) is 2.91. The lowest BCUT2D eigenvalue weighted by Gasteiger charge is -2.10. The molecule has 0 saturated carbocycles. The fourth-order valence-corrected chi connectivity index (χ4v) is 2.58. The lowest BCUT2D eigenvalue weighted by Crippen LogP contribution is -2.10. The number of benzene rings is 2. The molecule has 0 aliphatic rings. The second kappa shape index (κ2) is 8.14. The van der Waals surface area contributed by atoms with E-state index in [0.717, 1.165) is 5.52 Å². The number of aromatic amines is 1. The van der Waals surface area contributed by atoms with Crippen LogP contribution in [0.2, 0.25) is 0 Å². The molecule has 8 nitrogen and oxygen atoms in total. The molecule has 0 radical (unpaired) electrons. The molecule has 2 N–H and O–H groups in total. The molecule has 0 unspecified atom stereocenters. The molecule has 1 heterocycles. The second-order valence-electron chi connectivity index (χ2n) is 5.68. The number of allylic oxidation sites excluding steroid dienone is 1. The van der Waals surface area contributed by atoms with Crippen LogP contribution in [0.1, 0.15) is 16.2 Å². The molecule has 0 fully saturated rings.